The zero-order valence-corrected chi connectivity index (χ0v) is 20.7. The molecular formula is C22H31N2NaO5. The van der Waals surface area contributed by atoms with Gasteiger partial charge in [-0.3, -0.25) is 14.4 Å². The number of amides is 2. The van der Waals surface area contributed by atoms with Crippen LogP contribution in [0.5, 0.6) is 5.75 Å². The second kappa shape index (κ2) is 14.3. The van der Waals surface area contributed by atoms with Crippen molar-refractivity contribution in [3.05, 3.63) is 30.3 Å². The van der Waals surface area contributed by atoms with Crippen molar-refractivity contribution in [3.8, 4) is 5.75 Å². The van der Waals surface area contributed by atoms with Crippen molar-refractivity contribution in [2.75, 3.05) is 0 Å². The number of ether oxygens (including phenoxy) is 1. The Kier molecular flexibility index (Phi) is 13.5. The first-order valence-electron chi connectivity index (χ1n) is 10.2. The Labute approximate surface area is 201 Å². The second-order valence-corrected chi connectivity index (χ2v) is 7.08. The summed E-state index contributed by atoms with van der Waals surface area (Å²) >= 11 is 0. The Morgan fingerprint density at radius 1 is 1.17 bits per heavy atom. The summed E-state index contributed by atoms with van der Waals surface area (Å²) in [7, 11) is 0. The van der Waals surface area contributed by atoms with Crippen LogP contribution >= 0.6 is 0 Å². The quantitative estimate of drug-likeness (QED) is 0.272. The van der Waals surface area contributed by atoms with Crippen molar-refractivity contribution in [1.82, 2.24) is 5.32 Å². The van der Waals surface area contributed by atoms with Gasteiger partial charge in [-0.1, -0.05) is 58.7 Å². The Bertz CT molecular complexity index is 723. The van der Waals surface area contributed by atoms with Crippen molar-refractivity contribution >= 4 is 23.8 Å². The summed E-state index contributed by atoms with van der Waals surface area (Å²) in [6, 6.07) is 8.31. The number of para-hydroxylation sites is 1. The predicted octanol–water partition coefficient (Wildman–Crippen LogP) is -0.0221. The molecule has 1 aliphatic rings. The molecule has 0 aliphatic carbocycles. The fourth-order valence-corrected chi connectivity index (χ4v) is 3.29. The number of aliphatic imine (C=N–C) groups is 1. The van der Waals surface area contributed by atoms with Crippen LogP contribution in [-0.4, -0.2) is 23.8 Å². The summed E-state index contributed by atoms with van der Waals surface area (Å²) in [5.74, 6) is -0.714. The molecule has 2 rings (SSSR count). The molecule has 0 fully saturated rings. The van der Waals surface area contributed by atoms with Crippen LogP contribution in [0.1, 0.15) is 66.2 Å². The summed E-state index contributed by atoms with van der Waals surface area (Å²) < 4.78 is 5.08. The largest absolute Gasteiger partial charge is 1.00 e. The monoisotopic (exact) mass is 426 g/mol. The molecule has 0 radical (unpaired) electrons. The topological polar surface area (TPSA) is 108 Å². The van der Waals surface area contributed by atoms with Gasteiger partial charge in [-0.2, -0.15) is 0 Å². The molecule has 1 aromatic carbocycles. The first kappa shape index (κ1) is 28.3. The number of carbonyl (C=O) groups excluding carboxylic acids is 3. The zero-order valence-electron chi connectivity index (χ0n) is 18.7. The number of hydrogen-bond acceptors (Lipinski definition) is 5. The molecule has 0 saturated heterocycles. The van der Waals surface area contributed by atoms with E-state index in [0.29, 0.717) is 18.6 Å². The zero-order chi connectivity index (χ0) is 21.9. The van der Waals surface area contributed by atoms with Crippen LogP contribution < -0.4 is 44.7 Å². The summed E-state index contributed by atoms with van der Waals surface area (Å²) in [6.45, 7) is 7.67. The SMILES string of the molecule is CCCC(C)C1(CC)C(=O)N=C([O-])NC1=O.CCCCC(=O)Oc1ccccc1.[Na+]. The molecule has 0 saturated carbocycles. The van der Waals surface area contributed by atoms with Crippen LogP contribution in [0.15, 0.2) is 35.3 Å². The Hall–Kier alpha value is -1.70. The number of unbranched alkanes of at least 4 members (excludes halogenated alkanes) is 1. The molecule has 2 atom stereocenters. The second-order valence-electron chi connectivity index (χ2n) is 7.08. The molecule has 160 valence electrons. The molecule has 7 nitrogen and oxygen atoms in total. The van der Waals surface area contributed by atoms with E-state index in [2.05, 4.69) is 17.2 Å². The van der Waals surface area contributed by atoms with E-state index in [9.17, 15) is 19.5 Å². The summed E-state index contributed by atoms with van der Waals surface area (Å²) in [5.41, 5.74) is -1.15. The predicted molar refractivity (Wildman–Crippen MR) is 109 cm³/mol. The van der Waals surface area contributed by atoms with E-state index in [1.807, 2.05) is 32.0 Å². The van der Waals surface area contributed by atoms with Crippen LogP contribution in [0.2, 0.25) is 0 Å². The number of nitrogens with zero attached hydrogens (tertiary/aromatic N) is 1. The Morgan fingerprint density at radius 2 is 1.80 bits per heavy atom. The fraction of sp³-hybridized carbons (Fsp3) is 0.545. The maximum Gasteiger partial charge on any atom is 1.00 e. The van der Waals surface area contributed by atoms with Crippen molar-refractivity contribution in [2.24, 2.45) is 16.3 Å². The van der Waals surface area contributed by atoms with Gasteiger partial charge in [0.1, 0.15) is 11.2 Å². The third-order valence-corrected chi connectivity index (χ3v) is 5.04. The molecule has 0 bridgehead atoms. The van der Waals surface area contributed by atoms with Gasteiger partial charge < -0.3 is 15.2 Å². The number of esters is 1. The average molecular weight is 426 g/mol. The van der Waals surface area contributed by atoms with Crippen molar-refractivity contribution in [3.63, 3.8) is 0 Å². The standard InChI is InChI=1S/C11H18N2O3.C11H14O2.Na/c1-4-6-7(3)11(5-2)8(14)12-10(16)13-9(11)15;1-2-3-9-11(12)13-10-7-5-4-6-8-10;/h7H,4-6H2,1-3H3,(H2,12,13,14,15,16);4-8H,2-3,9H2,1H3;/q;;+1/p-1. The van der Waals surface area contributed by atoms with E-state index in [0.717, 1.165) is 25.7 Å². The van der Waals surface area contributed by atoms with Crippen LogP contribution in [0.4, 0.5) is 0 Å². The summed E-state index contributed by atoms with van der Waals surface area (Å²) in [5, 5.41) is 13.1. The number of rotatable bonds is 8. The van der Waals surface area contributed by atoms with Crippen molar-refractivity contribution in [1.29, 1.82) is 0 Å². The van der Waals surface area contributed by atoms with Gasteiger partial charge in [-0.15, -0.1) is 0 Å². The van der Waals surface area contributed by atoms with E-state index < -0.39 is 23.3 Å². The van der Waals surface area contributed by atoms with Crippen LogP contribution in [0.25, 0.3) is 0 Å². The Balaban J connectivity index is 0.000000553. The third kappa shape index (κ3) is 7.85. The number of carbonyl (C=O) groups is 3. The molecule has 0 aromatic heterocycles. The smallest absolute Gasteiger partial charge is 0.846 e. The van der Waals surface area contributed by atoms with Gasteiger partial charge in [-0.05, 0) is 37.3 Å². The number of benzene rings is 1. The van der Waals surface area contributed by atoms with E-state index >= 15 is 0 Å². The maximum absolute atomic E-state index is 11.9. The molecule has 0 spiro atoms. The maximum atomic E-state index is 11.9. The molecule has 2 amide bonds. The summed E-state index contributed by atoms with van der Waals surface area (Å²) in [6.07, 6.45) is 4.44. The normalized spacial score (nSPS) is 18.7. The first-order chi connectivity index (χ1) is 13.8. The molecule has 1 aliphatic heterocycles. The number of amidine groups is 1. The van der Waals surface area contributed by atoms with Gasteiger partial charge in [0.25, 0.3) is 5.91 Å². The van der Waals surface area contributed by atoms with Gasteiger partial charge in [0.15, 0.2) is 0 Å². The van der Waals surface area contributed by atoms with E-state index in [1.165, 1.54) is 0 Å². The minimum atomic E-state index is -1.15. The number of nitrogens with one attached hydrogen (secondary N) is 1. The van der Waals surface area contributed by atoms with Crippen molar-refractivity contribution < 1.29 is 53.8 Å². The van der Waals surface area contributed by atoms with Crippen LogP contribution in [0, 0.1) is 11.3 Å². The van der Waals surface area contributed by atoms with Gasteiger partial charge in [0, 0.05) is 6.42 Å². The van der Waals surface area contributed by atoms with Crippen molar-refractivity contribution in [2.45, 2.75) is 66.2 Å². The molecule has 30 heavy (non-hydrogen) atoms. The van der Waals surface area contributed by atoms with E-state index in [4.69, 9.17) is 4.74 Å². The Morgan fingerprint density at radius 3 is 2.30 bits per heavy atom. The van der Waals surface area contributed by atoms with Crippen LogP contribution in [0.3, 0.4) is 0 Å². The van der Waals surface area contributed by atoms with Crippen LogP contribution in [-0.2, 0) is 14.4 Å². The van der Waals surface area contributed by atoms with E-state index in [1.54, 1.807) is 19.1 Å². The molecule has 8 heteroatoms. The third-order valence-electron chi connectivity index (χ3n) is 5.04. The minimum Gasteiger partial charge on any atom is -0.846 e. The first-order valence-corrected chi connectivity index (χ1v) is 10.2. The molecular weight excluding hydrogens is 395 g/mol. The number of hydrogen-bond donors (Lipinski definition) is 1. The molecule has 1 heterocycles. The minimum absolute atomic E-state index is 0. The van der Waals surface area contributed by atoms with Gasteiger partial charge in [0.05, 0.1) is 6.02 Å². The molecule has 2 unspecified atom stereocenters. The van der Waals surface area contributed by atoms with Gasteiger partial charge >= 0.3 is 35.5 Å². The van der Waals surface area contributed by atoms with E-state index in [-0.39, 0.29) is 41.4 Å². The molecule has 1 aromatic rings. The molecule has 1 N–H and O–H groups in total. The average Bonchev–Trinajstić information content (AvgIpc) is 2.68. The fourth-order valence-electron chi connectivity index (χ4n) is 3.29. The van der Waals surface area contributed by atoms with Gasteiger partial charge in [0.2, 0.25) is 5.91 Å². The van der Waals surface area contributed by atoms with Gasteiger partial charge in [-0.25, -0.2) is 4.99 Å². The summed E-state index contributed by atoms with van der Waals surface area (Å²) in [4.78, 5) is 38.2.